The SMILES string of the molecule is CC(C)c1cncc(-c2ccc(NC(=O)C(C)(C)c3ccnc(NS(=O)(=O)C4CC4)n3)cc2)n1. The summed E-state index contributed by atoms with van der Waals surface area (Å²) in [5, 5.41) is 2.52. The number of nitrogens with zero attached hydrogens (tertiary/aromatic N) is 4. The Hall–Kier alpha value is -3.40. The van der Waals surface area contributed by atoms with E-state index < -0.39 is 20.7 Å². The number of benzene rings is 1. The van der Waals surface area contributed by atoms with E-state index in [0.29, 0.717) is 24.2 Å². The van der Waals surface area contributed by atoms with Crippen molar-refractivity contribution in [2.75, 3.05) is 10.0 Å². The van der Waals surface area contributed by atoms with Gasteiger partial charge in [0.1, 0.15) is 0 Å². The molecule has 0 aliphatic heterocycles. The second-order valence-electron chi connectivity index (χ2n) is 9.25. The molecular formula is C24H28N6O3S. The molecule has 1 aromatic carbocycles. The van der Waals surface area contributed by atoms with Crippen LogP contribution in [0.3, 0.4) is 0 Å². The average molecular weight is 481 g/mol. The normalized spacial score (nSPS) is 14.1. The molecule has 1 aliphatic carbocycles. The summed E-state index contributed by atoms with van der Waals surface area (Å²) in [5.41, 5.74) is 2.59. The third-order valence-electron chi connectivity index (χ3n) is 5.74. The zero-order valence-corrected chi connectivity index (χ0v) is 20.4. The molecule has 2 aromatic heterocycles. The number of carbonyl (C=O) groups excluding carboxylic acids is 1. The van der Waals surface area contributed by atoms with Gasteiger partial charge in [-0.3, -0.25) is 14.5 Å². The second-order valence-corrected chi connectivity index (χ2v) is 11.2. The molecule has 10 heteroatoms. The lowest BCUT2D eigenvalue weighted by Crippen LogP contribution is -2.36. The zero-order valence-electron chi connectivity index (χ0n) is 19.6. The summed E-state index contributed by atoms with van der Waals surface area (Å²) in [5.74, 6) is -0.0320. The lowest BCUT2D eigenvalue weighted by Gasteiger charge is -2.23. The molecule has 4 rings (SSSR count). The molecule has 34 heavy (non-hydrogen) atoms. The number of hydrogen-bond donors (Lipinski definition) is 2. The fourth-order valence-electron chi connectivity index (χ4n) is 3.27. The highest BCUT2D eigenvalue weighted by atomic mass is 32.2. The number of hydrogen-bond acceptors (Lipinski definition) is 7. The Labute approximate surface area is 199 Å². The van der Waals surface area contributed by atoms with E-state index in [1.807, 2.05) is 24.3 Å². The van der Waals surface area contributed by atoms with Crippen molar-refractivity contribution in [2.45, 2.75) is 57.1 Å². The molecule has 0 radical (unpaired) electrons. The zero-order chi connectivity index (χ0) is 24.5. The smallest absolute Gasteiger partial charge is 0.237 e. The van der Waals surface area contributed by atoms with E-state index in [2.05, 4.69) is 43.8 Å². The van der Waals surface area contributed by atoms with E-state index in [9.17, 15) is 13.2 Å². The molecule has 1 saturated carbocycles. The van der Waals surface area contributed by atoms with Crippen LogP contribution in [0.4, 0.5) is 11.6 Å². The highest BCUT2D eigenvalue weighted by molar-refractivity contribution is 7.93. The van der Waals surface area contributed by atoms with Crippen molar-refractivity contribution in [2.24, 2.45) is 0 Å². The molecule has 0 spiro atoms. The Kier molecular flexibility index (Phi) is 6.35. The minimum absolute atomic E-state index is 0.0284. The molecule has 178 valence electrons. The standard InChI is InChI=1S/C24H28N6O3S/c1-15(2)19-13-25-14-20(28-19)16-5-7-17(8-6-16)27-22(31)24(3,4)21-11-12-26-23(29-21)30-34(32,33)18-9-10-18/h5-8,11-15,18H,9-10H2,1-4H3,(H,27,31)(H,26,29,30). The predicted octanol–water partition coefficient (Wildman–Crippen LogP) is 3.88. The first-order valence-electron chi connectivity index (χ1n) is 11.2. The van der Waals surface area contributed by atoms with Gasteiger partial charge in [-0.05, 0) is 50.8 Å². The second kappa shape index (κ2) is 9.09. The Morgan fingerprint density at radius 1 is 1.06 bits per heavy atom. The first-order chi connectivity index (χ1) is 16.1. The molecule has 0 bridgehead atoms. The van der Waals surface area contributed by atoms with Gasteiger partial charge >= 0.3 is 0 Å². The molecule has 1 fully saturated rings. The maximum absolute atomic E-state index is 13.1. The minimum Gasteiger partial charge on any atom is -0.325 e. The third-order valence-corrected chi connectivity index (χ3v) is 7.56. The quantitative estimate of drug-likeness (QED) is 0.501. The average Bonchev–Trinajstić information content (AvgIpc) is 3.66. The molecule has 0 unspecified atom stereocenters. The number of amides is 1. The number of sulfonamides is 1. The molecule has 0 saturated heterocycles. The Morgan fingerprint density at radius 2 is 1.76 bits per heavy atom. The van der Waals surface area contributed by atoms with E-state index in [-0.39, 0.29) is 17.8 Å². The van der Waals surface area contributed by atoms with Gasteiger partial charge in [0, 0.05) is 23.6 Å². The number of carbonyl (C=O) groups is 1. The number of rotatable bonds is 8. The highest BCUT2D eigenvalue weighted by Gasteiger charge is 2.37. The van der Waals surface area contributed by atoms with E-state index in [1.165, 1.54) is 6.20 Å². The lowest BCUT2D eigenvalue weighted by atomic mass is 9.88. The molecule has 2 heterocycles. The van der Waals surface area contributed by atoms with E-state index in [1.54, 1.807) is 32.3 Å². The van der Waals surface area contributed by atoms with Crippen molar-refractivity contribution >= 4 is 27.6 Å². The summed E-state index contributed by atoms with van der Waals surface area (Å²) >= 11 is 0. The van der Waals surface area contributed by atoms with Crippen LogP contribution in [0.5, 0.6) is 0 Å². The largest absolute Gasteiger partial charge is 0.325 e. The Balaban J connectivity index is 1.48. The predicted molar refractivity (Wildman–Crippen MR) is 131 cm³/mol. The van der Waals surface area contributed by atoms with Crippen molar-refractivity contribution in [1.29, 1.82) is 0 Å². The van der Waals surface area contributed by atoms with Gasteiger partial charge in [0.2, 0.25) is 21.9 Å². The summed E-state index contributed by atoms with van der Waals surface area (Å²) in [6.45, 7) is 7.59. The monoisotopic (exact) mass is 480 g/mol. The molecular weight excluding hydrogens is 452 g/mol. The topological polar surface area (TPSA) is 127 Å². The fourth-order valence-corrected chi connectivity index (χ4v) is 4.55. The Bertz CT molecular complexity index is 1300. The molecule has 1 aliphatic rings. The van der Waals surface area contributed by atoms with Gasteiger partial charge in [-0.25, -0.2) is 23.4 Å². The van der Waals surface area contributed by atoms with Gasteiger partial charge in [0.05, 0.1) is 33.9 Å². The van der Waals surface area contributed by atoms with Crippen molar-refractivity contribution < 1.29 is 13.2 Å². The summed E-state index contributed by atoms with van der Waals surface area (Å²) in [4.78, 5) is 30.3. The van der Waals surface area contributed by atoms with Crippen LogP contribution >= 0.6 is 0 Å². The van der Waals surface area contributed by atoms with Crippen LogP contribution in [0.15, 0.2) is 48.9 Å². The van der Waals surface area contributed by atoms with Crippen molar-refractivity contribution in [3.63, 3.8) is 0 Å². The summed E-state index contributed by atoms with van der Waals surface area (Å²) in [7, 11) is -3.49. The summed E-state index contributed by atoms with van der Waals surface area (Å²) in [6.07, 6.45) is 6.20. The maximum Gasteiger partial charge on any atom is 0.237 e. The van der Waals surface area contributed by atoms with Crippen LogP contribution in [0.2, 0.25) is 0 Å². The van der Waals surface area contributed by atoms with Crippen LogP contribution in [0.1, 0.15) is 57.8 Å². The molecule has 9 nitrogen and oxygen atoms in total. The van der Waals surface area contributed by atoms with Crippen LogP contribution in [0.25, 0.3) is 11.3 Å². The molecule has 0 atom stereocenters. The van der Waals surface area contributed by atoms with Gasteiger partial charge < -0.3 is 5.32 Å². The lowest BCUT2D eigenvalue weighted by molar-refractivity contribution is -0.120. The van der Waals surface area contributed by atoms with Crippen molar-refractivity contribution in [3.05, 3.63) is 60.3 Å². The fraction of sp³-hybridized carbons (Fsp3) is 0.375. The van der Waals surface area contributed by atoms with Crippen molar-refractivity contribution in [1.82, 2.24) is 19.9 Å². The van der Waals surface area contributed by atoms with E-state index >= 15 is 0 Å². The van der Waals surface area contributed by atoms with E-state index in [0.717, 1.165) is 17.0 Å². The molecule has 2 N–H and O–H groups in total. The highest BCUT2D eigenvalue weighted by Crippen LogP contribution is 2.30. The van der Waals surface area contributed by atoms with Crippen LogP contribution in [-0.4, -0.2) is 39.5 Å². The minimum atomic E-state index is -3.49. The molecule has 1 amide bonds. The summed E-state index contributed by atoms with van der Waals surface area (Å²) in [6, 6.07) is 8.99. The molecule has 3 aromatic rings. The number of nitrogens with one attached hydrogen (secondary N) is 2. The third kappa shape index (κ3) is 5.22. The Morgan fingerprint density at radius 3 is 2.41 bits per heavy atom. The summed E-state index contributed by atoms with van der Waals surface area (Å²) < 4.78 is 26.8. The van der Waals surface area contributed by atoms with Gasteiger partial charge in [-0.1, -0.05) is 26.0 Å². The maximum atomic E-state index is 13.1. The van der Waals surface area contributed by atoms with Gasteiger partial charge in [0.25, 0.3) is 0 Å². The van der Waals surface area contributed by atoms with Crippen LogP contribution in [-0.2, 0) is 20.2 Å². The van der Waals surface area contributed by atoms with Crippen molar-refractivity contribution in [3.8, 4) is 11.3 Å². The van der Waals surface area contributed by atoms with Gasteiger partial charge in [0.15, 0.2) is 0 Å². The van der Waals surface area contributed by atoms with Crippen LogP contribution < -0.4 is 10.0 Å². The number of aromatic nitrogens is 4. The first-order valence-corrected chi connectivity index (χ1v) is 12.7. The van der Waals surface area contributed by atoms with Crippen LogP contribution in [0, 0.1) is 0 Å². The van der Waals surface area contributed by atoms with Gasteiger partial charge in [-0.15, -0.1) is 0 Å². The van der Waals surface area contributed by atoms with Gasteiger partial charge in [-0.2, -0.15) is 0 Å². The number of anilines is 2. The van der Waals surface area contributed by atoms with E-state index in [4.69, 9.17) is 0 Å². The first kappa shape index (κ1) is 23.7.